The van der Waals surface area contributed by atoms with Gasteiger partial charge in [-0.1, -0.05) is 0 Å². The van der Waals surface area contributed by atoms with E-state index in [9.17, 15) is 4.79 Å². The molecular formula is C11H14N4O2S. The van der Waals surface area contributed by atoms with Crippen molar-refractivity contribution in [3.8, 4) is 0 Å². The summed E-state index contributed by atoms with van der Waals surface area (Å²) in [5, 5.41) is 9.66. The molecule has 1 atom stereocenters. The maximum absolute atomic E-state index is 11.9. The Kier molecular flexibility index (Phi) is 3.33. The molecule has 2 heterocycles. The highest BCUT2D eigenvalue weighted by Crippen LogP contribution is 2.26. The number of thiophene rings is 1. The molecule has 3 N–H and O–H groups in total. The van der Waals surface area contributed by atoms with Crippen molar-refractivity contribution in [1.29, 1.82) is 0 Å². The highest BCUT2D eigenvalue weighted by molar-refractivity contribution is 7.12. The molecule has 0 fully saturated rings. The lowest BCUT2D eigenvalue weighted by Crippen LogP contribution is -2.27. The summed E-state index contributed by atoms with van der Waals surface area (Å²) in [7, 11) is 0. The summed E-state index contributed by atoms with van der Waals surface area (Å²) in [6, 6.07) is 1.95. The lowest BCUT2D eigenvalue weighted by molar-refractivity contribution is 0.0930. The second-order valence-corrected chi connectivity index (χ2v) is 5.52. The summed E-state index contributed by atoms with van der Waals surface area (Å²) in [4.78, 5) is 14.3. The van der Waals surface area contributed by atoms with Crippen LogP contribution in [0, 0.1) is 13.8 Å². The van der Waals surface area contributed by atoms with Crippen LogP contribution in [0.2, 0.25) is 0 Å². The quantitative estimate of drug-likeness (QED) is 0.883. The van der Waals surface area contributed by atoms with E-state index < -0.39 is 0 Å². The van der Waals surface area contributed by atoms with Crippen LogP contribution in [-0.4, -0.2) is 16.2 Å². The fourth-order valence-electron chi connectivity index (χ4n) is 1.78. The average Bonchev–Trinajstić information content (AvgIpc) is 2.84. The summed E-state index contributed by atoms with van der Waals surface area (Å²) in [5.74, 6) is -0.387. The van der Waals surface area contributed by atoms with Gasteiger partial charge in [-0.25, -0.2) is 4.63 Å². The number of hydrogen-bond donors (Lipinski definition) is 2. The van der Waals surface area contributed by atoms with E-state index >= 15 is 0 Å². The number of rotatable bonds is 3. The van der Waals surface area contributed by atoms with Gasteiger partial charge in [0.05, 0.1) is 6.04 Å². The molecule has 0 bridgehead atoms. The third kappa shape index (κ3) is 2.35. The maximum atomic E-state index is 11.9. The molecule has 6 nitrogen and oxygen atoms in total. The van der Waals surface area contributed by atoms with Crippen LogP contribution in [0.4, 0.5) is 5.82 Å². The van der Waals surface area contributed by atoms with Crippen molar-refractivity contribution in [1.82, 2.24) is 15.6 Å². The Bertz CT molecular complexity index is 575. The van der Waals surface area contributed by atoms with Gasteiger partial charge in [-0.15, -0.1) is 11.3 Å². The zero-order valence-electron chi connectivity index (χ0n) is 10.4. The fraction of sp³-hybridized carbons (Fsp3) is 0.364. The summed E-state index contributed by atoms with van der Waals surface area (Å²) in [5.41, 5.74) is 6.58. The third-order valence-electron chi connectivity index (χ3n) is 2.62. The molecule has 7 heteroatoms. The second-order valence-electron chi connectivity index (χ2n) is 4.06. The summed E-state index contributed by atoms with van der Waals surface area (Å²) in [6.45, 7) is 5.98. The standard InChI is InChI=1S/C11H14N4O2S/c1-5-4-8(7(3)18-5)6(2)13-11(16)9-10(12)15-17-14-9/h4,6H,1-3H3,(H2,12,15)(H,13,16). The highest BCUT2D eigenvalue weighted by Gasteiger charge is 2.20. The molecule has 0 aromatic carbocycles. The molecule has 2 rings (SSSR count). The van der Waals surface area contributed by atoms with Crippen LogP contribution >= 0.6 is 11.3 Å². The van der Waals surface area contributed by atoms with Crippen LogP contribution in [0.1, 0.15) is 38.8 Å². The Morgan fingerprint density at radius 2 is 2.22 bits per heavy atom. The van der Waals surface area contributed by atoms with Gasteiger partial charge in [0.25, 0.3) is 5.91 Å². The van der Waals surface area contributed by atoms with Gasteiger partial charge in [0.15, 0.2) is 0 Å². The minimum Gasteiger partial charge on any atom is -0.379 e. The van der Waals surface area contributed by atoms with Crippen molar-refractivity contribution >= 4 is 23.1 Å². The fourth-order valence-corrected chi connectivity index (χ4v) is 2.80. The van der Waals surface area contributed by atoms with Gasteiger partial charge in [0.1, 0.15) is 0 Å². The molecular weight excluding hydrogens is 252 g/mol. The predicted octanol–water partition coefficient (Wildman–Crippen LogP) is 1.82. The van der Waals surface area contributed by atoms with E-state index in [1.54, 1.807) is 11.3 Å². The van der Waals surface area contributed by atoms with Crippen molar-refractivity contribution in [3.63, 3.8) is 0 Å². The first-order valence-corrected chi connectivity index (χ1v) is 6.26. The summed E-state index contributed by atoms with van der Waals surface area (Å²) < 4.78 is 4.40. The Morgan fingerprint density at radius 3 is 2.72 bits per heavy atom. The van der Waals surface area contributed by atoms with Crippen LogP contribution in [0.25, 0.3) is 0 Å². The first kappa shape index (κ1) is 12.6. The molecule has 0 aliphatic carbocycles. The molecule has 96 valence electrons. The number of nitrogen functional groups attached to an aromatic ring is 1. The predicted molar refractivity (Wildman–Crippen MR) is 68.4 cm³/mol. The molecule has 18 heavy (non-hydrogen) atoms. The Morgan fingerprint density at radius 1 is 1.50 bits per heavy atom. The van der Waals surface area contributed by atoms with Crippen LogP contribution in [0.3, 0.4) is 0 Å². The summed E-state index contributed by atoms with van der Waals surface area (Å²) in [6.07, 6.45) is 0. The minimum atomic E-state index is -0.385. The van der Waals surface area contributed by atoms with Crippen LogP contribution in [-0.2, 0) is 0 Å². The number of aromatic nitrogens is 2. The number of nitrogens with one attached hydrogen (secondary N) is 1. The van der Waals surface area contributed by atoms with Gasteiger partial charge in [0, 0.05) is 9.75 Å². The Hall–Kier alpha value is -1.89. The highest BCUT2D eigenvalue weighted by atomic mass is 32.1. The number of aryl methyl sites for hydroxylation is 2. The molecule has 0 radical (unpaired) electrons. The zero-order valence-corrected chi connectivity index (χ0v) is 11.2. The van der Waals surface area contributed by atoms with Crippen LogP contribution < -0.4 is 11.1 Å². The van der Waals surface area contributed by atoms with Crippen molar-refractivity contribution < 1.29 is 9.42 Å². The Balaban J connectivity index is 2.13. The molecule has 2 aromatic rings. The molecule has 0 spiro atoms. The molecule has 1 unspecified atom stereocenters. The number of carbonyl (C=O) groups is 1. The van der Waals surface area contributed by atoms with E-state index in [4.69, 9.17) is 5.73 Å². The van der Waals surface area contributed by atoms with Gasteiger partial charge >= 0.3 is 0 Å². The van der Waals surface area contributed by atoms with Crippen molar-refractivity contribution in [2.24, 2.45) is 0 Å². The first-order chi connectivity index (χ1) is 8.49. The number of nitrogens with two attached hydrogens (primary N) is 1. The monoisotopic (exact) mass is 266 g/mol. The lowest BCUT2D eigenvalue weighted by atomic mass is 10.1. The SMILES string of the molecule is Cc1cc(C(C)NC(=O)c2nonc2N)c(C)s1. The maximum Gasteiger partial charge on any atom is 0.277 e. The Labute approximate surface area is 108 Å². The van der Waals surface area contributed by atoms with Gasteiger partial charge in [-0.3, -0.25) is 4.79 Å². The van der Waals surface area contributed by atoms with E-state index in [0.717, 1.165) is 5.56 Å². The van der Waals surface area contributed by atoms with Crippen molar-refractivity contribution in [3.05, 3.63) is 27.1 Å². The van der Waals surface area contributed by atoms with E-state index in [2.05, 4.69) is 26.3 Å². The normalized spacial score (nSPS) is 12.4. The van der Waals surface area contributed by atoms with Gasteiger partial charge in [-0.2, -0.15) is 0 Å². The number of carbonyl (C=O) groups excluding carboxylic acids is 1. The van der Waals surface area contributed by atoms with Gasteiger partial charge in [0.2, 0.25) is 11.5 Å². The zero-order chi connectivity index (χ0) is 13.3. The number of anilines is 1. The molecule has 0 aliphatic rings. The molecule has 2 aromatic heterocycles. The van der Waals surface area contributed by atoms with E-state index in [-0.39, 0.29) is 23.5 Å². The molecule has 0 saturated heterocycles. The van der Waals surface area contributed by atoms with Crippen molar-refractivity contribution in [2.75, 3.05) is 5.73 Å². The van der Waals surface area contributed by atoms with Gasteiger partial charge in [-0.05, 0) is 42.7 Å². The number of amides is 1. The lowest BCUT2D eigenvalue weighted by Gasteiger charge is -2.12. The van der Waals surface area contributed by atoms with Crippen molar-refractivity contribution in [2.45, 2.75) is 26.8 Å². The smallest absolute Gasteiger partial charge is 0.277 e. The largest absolute Gasteiger partial charge is 0.379 e. The van der Waals surface area contributed by atoms with Gasteiger partial charge < -0.3 is 11.1 Å². The van der Waals surface area contributed by atoms with E-state index in [0.29, 0.717) is 0 Å². The molecule has 0 saturated carbocycles. The van der Waals surface area contributed by atoms with Crippen LogP contribution in [0.5, 0.6) is 0 Å². The van der Waals surface area contributed by atoms with Crippen LogP contribution in [0.15, 0.2) is 10.7 Å². The van der Waals surface area contributed by atoms with E-state index in [1.807, 2.05) is 20.8 Å². The molecule has 0 aliphatic heterocycles. The number of hydrogen-bond acceptors (Lipinski definition) is 6. The number of nitrogens with zero attached hydrogens (tertiary/aromatic N) is 2. The second kappa shape index (κ2) is 4.77. The van der Waals surface area contributed by atoms with E-state index in [1.165, 1.54) is 9.75 Å². The first-order valence-electron chi connectivity index (χ1n) is 5.45. The average molecular weight is 266 g/mol. The molecule has 1 amide bonds. The summed E-state index contributed by atoms with van der Waals surface area (Å²) >= 11 is 1.70. The third-order valence-corrected chi connectivity index (χ3v) is 3.60. The topological polar surface area (TPSA) is 94.0 Å². The minimum absolute atomic E-state index is 0.00192.